The van der Waals surface area contributed by atoms with Gasteiger partial charge in [-0.15, -0.1) is 0 Å². The number of likely N-dealkylation sites (tertiary alicyclic amines) is 1. The molecule has 3 aromatic rings. The zero-order chi connectivity index (χ0) is 23.5. The van der Waals surface area contributed by atoms with E-state index in [0.29, 0.717) is 16.5 Å². The summed E-state index contributed by atoms with van der Waals surface area (Å²) < 4.78 is 12.9. The monoisotopic (exact) mass is 480 g/mol. The summed E-state index contributed by atoms with van der Waals surface area (Å²) in [4.78, 5) is 10.1. The third-order valence-corrected chi connectivity index (χ3v) is 7.35. The summed E-state index contributed by atoms with van der Waals surface area (Å²) in [5, 5.41) is 0.535. The van der Waals surface area contributed by atoms with Crippen LogP contribution in [-0.4, -0.2) is 72.7 Å². The van der Waals surface area contributed by atoms with Gasteiger partial charge in [0.05, 0.1) is 24.9 Å². The van der Waals surface area contributed by atoms with Crippen molar-refractivity contribution in [3.05, 3.63) is 53.3 Å². The van der Waals surface area contributed by atoms with Crippen molar-refractivity contribution in [2.24, 2.45) is 0 Å². The predicted octanol–water partition coefficient (Wildman–Crippen LogP) is 5.25. The fourth-order valence-corrected chi connectivity index (χ4v) is 5.25. The highest BCUT2D eigenvalue weighted by molar-refractivity contribution is 6.32. The Bertz CT molecular complexity index is 1180. The highest BCUT2D eigenvalue weighted by atomic mass is 35.5. The van der Waals surface area contributed by atoms with Gasteiger partial charge in [-0.25, -0.2) is 4.98 Å². The highest BCUT2D eigenvalue weighted by Gasteiger charge is 2.18. The molecule has 2 aliphatic heterocycles. The zero-order valence-electron chi connectivity index (χ0n) is 20.1. The Hall–Kier alpha value is -2.54. The molecule has 0 amide bonds. The first-order valence-electron chi connectivity index (χ1n) is 12.2. The quantitative estimate of drug-likeness (QED) is 0.462. The smallest absolute Gasteiger partial charge is 0.141 e. The van der Waals surface area contributed by atoms with E-state index in [1.807, 2.05) is 16.7 Å². The molecule has 2 aromatic heterocycles. The minimum Gasteiger partial charge on any atom is -0.496 e. The van der Waals surface area contributed by atoms with Crippen LogP contribution >= 0.6 is 11.6 Å². The third-order valence-electron chi connectivity index (χ3n) is 7.06. The van der Waals surface area contributed by atoms with E-state index in [2.05, 4.69) is 34.2 Å². The first kappa shape index (κ1) is 23.2. The van der Waals surface area contributed by atoms with Crippen molar-refractivity contribution in [1.29, 1.82) is 0 Å². The van der Waals surface area contributed by atoms with Crippen molar-refractivity contribution in [2.75, 3.05) is 53.5 Å². The van der Waals surface area contributed by atoms with E-state index in [0.717, 1.165) is 36.4 Å². The molecule has 6 nitrogen and oxygen atoms in total. The molecule has 34 heavy (non-hydrogen) atoms. The van der Waals surface area contributed by atoms with Gasteiger partial charge in [0.2, 0.25) is 0 Å². The number of nitrogens with zero attached hydrogens (tertiary/aromatic N) is 4. The molecule has 180 valence electrons. The second kappa shape index (κ2) is 10.4. The number of benzene rings is 1. The van der Waals surface area contributed by atoms with Crippen LogP contribution in [0.2, 0.25) is 5.02 Å². The van der Waals surface area contributed by atoms with Crippen LogP contribution < -0.4 is 9.47 Å². The van der Waals surface area contributed by atoms with Crippen molar-refractivity contribution in [1.82, 2.24) is 19.2 Å². The van der Waals surface area contributed by atoms with E-state index < -0.39 is 0 Å². The number of fused-ring (bicyclic) bond motifs is 1. The van der Waals surface area contributed by atoms with E-state index in [9.17, 15) is 0 Å². The summed E-state index contributed by atoms with van der Waals surface area (Å²) in [6.45, 7) is 7.05. The van der Waals surface area contributed by atoms with Crippen LogP contribution in [0.3, 0.4) is 0 Å². The molecule has 7 heteroatoms. The normalized spacial score (nSPS) is 17.7. The van der Waals surface area contributed by atoms with Crippen LogP contribution in [0.15, 0.2) is 42.7 Å². The zero-order valence-corrected chi connectivity index (χ0v) is 20.9. The van der Waals surface area contributed by atoms with Gasteiger partial charge in [0.15, 0.2) is 0 Å². The van der Waals surface area contributed by atoms with Crippen molar-refractivity contribution in [2.45, 2.75) is 25.7 Å². The lowest BCUT2D eigenvalue weighted by atomic mass is 10.0. The summed E-state index contributed by atoms with van der Waals surface area (Å²) in [7, 11) is 3.24. The number of hydrogen-bond acceptors (Lipinski definition) is 5. The molecule has 1 aromatic carbocycles. The maximum absolute atomic E-state index is 6.38. The maximum atomic E-state index is 6.38. The summed E-state index contributed by atoms with van der Waals surface area (Å²) in [5.41, 5.74) is 5.24. The van der Waals surface area contributed by atoms with Crippen LogP contribution in [0.5, 0.6) is 11.5 Å². The molecule has 0 bridgehead atoms. The van der Waals surface area contributed by atoms with Crippen LogP contribution in [-0.2, 0) is 0 Å². The SMILES string of the molecule is COc1cc(OC)c(-c2cn3ccc(C4=CCN(CCN5CCCCC5)CC4)cc3n2)cc1Cl. The summed E-state index contributed by atoms with van der Waals surface area (Å²) in [6, 6.07) is 8.02. The number of rotatable bonds is 7. The van der Waals surface area contributed by atoms with Crippen LogP contribution in [0.4, 0.5) is 0 Å². The molecule has 5 rings (SSSR count). The molecule has 0 saturated carbocycles. The van der Waals surface area contributed by atoms with Crippen molar-refractivity contribution in [3.8, 4) is 22.8 Å². The second-order valence-electron chi connectivity index (χ2n) is 9.18. The van der Waals surface area contributed by atoms with E-state index >= 15 is 0 Å². The van der Waals surface area contributed by atoms with Gasteiger partial charge in [0.25, 0.3) is 0 Å². The number of pyridine rings is 1. The van der Waals surface area contributed by atoms with Gasteiger partial charge < -0.3 is 18.8 Å². The van der Waals surface area contributed by atoms with Gasteiger partial charge in [-0.1, -0.05) is 24.1 Å². The Balaban J connectivity index is 1.31. The number of ether oxygens (including phenoxy) is 2. The fourth-order valence-electron chi connectivity index (χ4n) is 5.01. The largest absolute Gasteiger partial charge is 0.496 e. The van der Waals surface area contributed by atoms with Crippen LogP contribution in [0.1, 0.15) is 31.2 Å². The fraction of sp³-hybridized carbons (Fsp3) is 0.444. The van der Waals surface area contributed by atoms with E-state index in [1.54, 1.807) is 20.3 Å². The molecule has 0 spiro atoms. The van der Waals surface area contributed by atoms with Gasteiger partial charge >= 0.3 is 0 Å². The molecule has 0 atom stereocenters. The van der Waals surface area contributed by atoms with Crippen LogP contribution in [0.25, 0.3) is 22.5 Å². The minimum atomic E-state index is 0.535. The number of imidazole rings is 1. The molecule has 2 aliphatic rings. The number of piperidine rings is 1. The number of halogens is 1. The number of aromatic nitrogens is 2. The molecule has 4 heterocycles. The molecule has 1 saturated heterocycles. The highest BCUT2D eigenvalue weighted by Crippen LogP contribution is 2.38. The van der Waals surface area contributed by atoms with Crippen molar-refractivity contribution >= 4 is 22.8 Å². The number of hydrogen-bond donors (Lipinski definition) is 0. The molecule has 0 N–H and O–H groups in total. The summed E-state index contributed by atoms with van der Waals surface area (Å²) >= 11 is 6.38. The topological polar surface area (TPSA) is 42.2 Å². The Kier molecular flexibility index (Phi) is 7.09. The van der Waals surface area contributed by atoms with Gasteiger partial charge in [0, 0.05) is 50.2 Å². The van der Waals surface area contributed by atoms with E-state index in [1.165, 1.54) is 56.6 Å². The Morgan fingerprint density at radius 1 is 0.941 bits per heavy atom. The molecule has 0 unspecified atom stereocenters. The first-order chi connectivity index (χ1) is 16.6. The maximum Gasteiger partial charge on any atom is 0.141 e. The average Bonchev–Trinajstić information content (AvgIpc) is 3.31. The standard InChI is InChI=1S/C27H33ClN4O2/c1-33-25-18-26(34-2)23(28)17-22(25)24-19-32-13-8-21(16-27(32)29-24)20-6-11-31(12-7-20)15-14-30-9-4-3-5-10-30/h6,8,13,16-19H,3-5,7,9-12,14-15H2,1-2H3. The molecular weight excluding hydrogens is 448 g/mol. The molecule has 0 aliphatic carbocycles. The van der Waals surface area contributed by atoms with E-state index in [4.69, 9.17) is 26.1 Å². The lowest BCUT2D eigenvalue weighted by Gasteiger charge is -2.31. The number of methoxy groups -OCH3 is 2. The average molecular weight is 481 g/mol. The molecule has 1 fully saturated rings. The van der Waals surface area contributed by atoms with Crippen molar-refractivity contribution in [3.63, 3.8) is 0 Å². The van der Waals surface area contributed by atoms with Crippen LogP contribution in [0, 0.1) is 0 Å². The van der Waals surface area contributed by atoms with E-state index in [-0.39, 0.29) is 0 Å². The lowest BCUT2D eigenvalue weighted by Crippen LogP contribution is -2.39. The molecule has 0 radical (unpaired) electrons. The molecular formula is C27H33ClN4O2. The van der Waals surface area contributed by atoms with Gasteiger partial charge in [-0.2, -0.15) is 0 Å². The van der Waals surface area contributed by atoms with Gasteiger partial charge in [-0.3, -0.25) is 4.90 Å². The first-order valence-corrected chi connectivity index (χ1v) is 12.6. The summed E-state index contributed by atoms with van der Waals surface area (Å²) in [5.74, 6) is 1.27. The summed E-state index contributed by atoms with van der Waals surface area (Å²) in [6.07, 6.45) is 11.7. The Morgan fingerprint density at radius 3 is 2.47 bits per heavy atom. The minimum absolute atomic E-state index is 0.535. The Morgan fingerprint density at radius 2 is 1.74 bits per heavy atom. The van der Waals surface area contributed by atoms with Gasteiger partial charge in [0.1, 0.15) is 17.1 Å². The Labute approximate surface area is 206 Å². The third kappa shape index (κ3) is 4.95. The second-order valence-corrected chi connectivity index (χ2v) is 9.58. The van der Waals surface area contributed by atoms with Gasteiger partial charge in [-0.05, 0) is 61.7 Å². The predicted molar refractivity (Wildman–Crippen MR) is 138 cm³/mol. The lowest BCUT2D eigenvalue weighted by molar-refractivity contribution is 0.188. The van der Waals surface area contributed by atoms with Crippen molar-refractivity contribution < 1.29 is 9.47 Å².